The molecule has 0 aromatic heterocycles. The molecule has 0 radical (unpaired) electrons. The molecule has 0 bridgehead atoms. The van der Waals surface area contributed by atoms with Gasteiger partial charge in [0.1, 0.15) is 5.82 Å². The van der Waals surface area contributed by atoms with Crippen molar-refractivity contribution in [1.82, 2.24) is 21.3 Å². The van der Waals surface area contributed by atoms with Crippen LogP contribution >= 0.6 is 0 Å². The van der Waals surface area contributed by atoms with Gasteiger partial charge in [-0.15, -0.1) is 0 Å². The lowest BCUT2D eigenvalue weighted by Crippen LogP contribution is -2.73. The fourth-order valence-corrected chi connectivity index (χ4v) is 4.42. The van der Waals surface area contributed by atoms with E-state index in [2.05, 4.69) is 26.6 Å². The molecule has 2 aliphatic heterocycles. The van der Waals surface area contributed by atoms with Gasteiger partial charge in [0.2, 0.25) is 17.7 Å². The number of anilines is 1. The van der Waals surface area contributed by atoms with Crippen LogP contribution in [0.4, 0.5) is 10.1 Å². The molecule has 1 saturated carbocycles. The van der Waals surface area contributed by atoms with E-state index in [1.54, 1.807) is 12.1 Å². The van der Waals surface area contributed by atoms with Crippen LogP contribution in [-0.2, 0) is 14.4 Å². The lowest BCUT2D eigenvalue weighted by molar-refractivity contribution is -0.147. The van der Waals surface area contributed by atoms with Gasteiger partial charge < -0.3 is 21.3 Å². The number of carbonyl (C=O) groups excluding carboxylic acids is 3. The number of piperidine rings is 1. The van der Waals surface area contributed by atoms with Crippen molar-refractivity contribution in [3.8, 4) is 0 Å². The van der Waals surface area contributed by atoms with Crippen LogP contribution in [0.3, 0.4) is 0 Å². The van der Waals surface area contributed by atoms with Gasteiger partial charge in [-0.05, 0) is 37.1 Å². The van der Waals surface area contributed by atoms with Crippen molar-refractivity contribution in [3.05, 3.63) is 30.1 Å². The van der Waals surface area contributed by atoms with E-state index in [1.165, 1.54) is 18.6 Å². The number of hydrogen-bond donors (Lipinski definition) is 5. The lowest BCUT2D eigenvalue weighted by atomic mass is 9.80. The molecule has 3 amide bonds. The van der Waals surface area contributed by atoms with E-state index >= 15 is 0 Å². The summed E-state index contributed by atoms with van der Waals surface area (Å²) in [5.41, 5.74) is 0.608. The Balaban J connectivity index is 1.43. The van der Waals surface area contributed by atoms with Gasteiger partial charge in [-0.2, -0.15) is 0 Å². The molecule has 5 N–H and O–H groups in total. The molecular formula is C20H26FN5O3. The van der Waals surface area contributed by atoms with Gasteiger partial charge >= 0.3 is 0 Å². The zero-order valence-corrected chi connectivity index (χ0v) is 16.0. The molecule has 4 atom stereocenters. The Morgan fingerprint density at radius 3 is 2.48 bits per heavy atom. The summed E-state index contributed by atoms with van der Waals surface area (Å²) in [5, 5.41) is 14.8. The second-order valence-electron chi connectivity index (χ2n) is 7.98. The van der Waals surface area contributed by atoms with E-state index in [1.807, 2.05) is 0 Å². The molecule has 2 heterocycles. The molecule has 156 valence electrons. The number of rotatable bonds is 4. The maximum absolute atomic E-state index is 13.1. The minimum absolute atomic E-state index is 0.00905. The van der Waals surface area contributed by atoms with Crippen molar-refractivity contribution in [1.29, 1.82) is 0 Å². The first kappa shape index (κ1) is 19.6. The average Bonchev–Trinajstić information content (AvgIpc) is 2.69. The monoisotopic (exact) mass is 403 g/mol. The number of benzene rings is 1. The summed E-state index contributed by atoms with van der Waals surface area (Å²) in [6.45, 7) is 0. The maximum atomic E-state index is 13.1. The minimum Gasteiger partial charge on any atom is -0.353 e. The summed E-state index contributed by atoms with van der Waals surface area (Å²) < 4.78 is 13.1. The largest absolute Gasteiger partial charge is 0.353 e. The predicted molar refractivity (Wildman–Crippen MR) is 104 cm³/mol. The van der Waals surface area contributed by atoms with Gasteiger partial charge in [-0.25, -0.2) is 4.39 Å². The molecule has 3 fully saturated rings. The molecule has 8 nitrogen and oxygen atoms in total. The summed E-state index contributed by atoms with van der Waals surface area (Å²) in [6.07, 6.45) is 3.89. The molecule has 29 heavy (non-hydrogen) atoms. The average molecular weight is 403 g/mol. The summed E-state index contributed by atoms with van der Waals surface area (Å²) in [5.74, 6) is -2.57. The first-order chi connectivity index (χ1) is 14.0. The van der Waals surface area contributed by atoms with Gasteiger partial charge in [0, 0.05) is 18.2 Å². The van der Waals surface area contributed by atoms with Crippen LogP contribution < -0.4 is 26.6 Å². The van der Waals surface area contributed by atoms with E-state index in [4.69, 9.17) is 0 Å². The Hall–Kier alpha value is -2.68. The van der Waals surface area contributed by atoms with Crippen LogP contribution in [0.25, 0.3) is 0 Å². The Labute approximate surface area is 168 Å². The Kier molecular flexibility index (Phi) is 5.66. The zero-order valence-electron chi connectivity index (χ0n) is 16.0. The highest BCUT2D eigenvalue weighted by molar-refractivity contribution is 5.94. The van der Waals surface area contributed by atoms with Crippen LogP contribution in [0.2, 0.25) is 0 Å². The van der Waals surface area contributed by atoms with Crippen molar-refractivity contribution >= 4 is 23.4 Å². The SMILES string of the molecule is O=C1CC(C(=O)NC2CCCCC2)C2C(=O)NC(Nc3ccc(F)cc3)NC2N1. The summed E-state index contributed by atoms with van der Waals surface area (Å²) in [4.78, 5) is 37.9. The van der Waals surface area contributed by atoms with E-state index in [0.29, 0.717) is 5.69 Å². The number of halogens is 1. The molecule has 1 aromatic rings. The lowest BCUT2D eigenvalue weighted by Gasteiger charge is -2.43. The van der Waals surface area contributed by atoms with Gasteiger partial charge in [0.25, 0.3) is 0 Å². The fraction of sp³-hybridized carbons (Fsp3) is 0.550. The van der Waals surface area contributed by atoms with Gasteiger partial charge in [0.15, 0.2) is 6.29 Å². The second kappa shape index (κ2) is 8.36. The third kappa shape index (κ3) is 4.50. The molecule has 2 saturated heterocycles. The standard InChI is InChI=1S/C20H26FN5O3/c21-11-6-8-13(9-7-11)23-20-25-17-16(19(29)26-20)14(10-15(27)24-17)18(28)22-12-4-2-1-3-5-12/h6-9,12,14,16-17,20,23,25H,1-5,10H2,(H,22,28)(H,24,27)(H,26,29). The van der Waals surface area contributed by atoms with Crippen LogP contribution in [0, 0.1) is 17.7 Å². The van der Waals surface area contributed by atoms with Crippen LogP contribution in [0.1, 0.15) is 38.5 Å². The van der Waals surface area contributed by atoms with Crippen molar-refractivity contribution in [2.75, 3.05) is 5.32 Å². The number of carbonyl (C=O) groups is 3. The van der Waals surface area contributed by atoms with Crippen LogP contribution in [0.15, 0.2) is 24.3 Å². The molecule has 4 rings (SSSR count). The fourth-order valence-electron chi connectivity index (χ4n) is 4.42. The predicted octanol–water partition coefficient (Wildman–Crippen LogP) is 0.768. The van der Waals surface area contributed by atoms with Crippen molar-refractivity contribution in [3.63, 3.8) is 0 Å². The highest BCUT2D eigenvalue weighted by Gasteiger charge is 2.48. The number of nitrogens with one attached hydrogen (secondary N) is 5. The quantitative estimate of drug-likeness (QED) is 0.510. The zero-order chi connectivity index (χ0) is 20.4. The van der Waals surface area contributed by atoms with E-state index in [9.17, 15) is 18.8 Å². The highest BCUT2D eigenvalue weighted by Crippen LogP contribution is 2.28. The Bertz CT molecular complexity index is 781. The third-order valence-electron chi connectivity index (χ3n) is 5.89. The van der Waals surface area contributed by atoms with Crippen LogP contribution in [0.5, 0.6) is 0 Å². The summed E-state index contributed by atoms with van der Waals surface area (Å²) in [6, 6.07) is 5.84. The van der Waals surface area contributed by atoms with Gasteiger partial charge in [-0.1, -0.05) is 19.3 Å². The molecule has 1 aliphatic carbocycles. The Morgan fingerprint density at radius 1 is 1.03 bits per heavy atom. The highest BCUT2D eigenvalue weighted by atomic mass is 19.1. The smallest absolute Gasteiger partial charge is 0.229 e. The van der Waals surface area contributed by atoms with Gasteiger partial charge in [-0.3, -0.25) is 19.7 Å². The third-order valence-corrected chi connectivity index (χ3v) is 5.89. The normalized spacial score (nSPS) is 30.0. The molecule has 4 unspecified atom stereocenters. The van der Waals surface area contributed by atoms with Crippen LogP contribution in [-0.4, -0.2) is 36.2 Å². The molecule has 0 spiro atoms. The second-order valence-corrected chi connectivity index (χ2v) is 7.98. The minimum atomic E-state index is -0.713. The summed E-state index contributed by atoms with van der Waals surface area (Å²) in [7, 11) is 0. The first-order valence-electron chi connectivity index (χ1n) is 10.2. The number of fused-ring (bicyclic) bond motifs is 1. The molecule has 9 heteroatoms. The number of amides is 3. The van der Waals surface area contributed by atoms with E-state index < -0.39 is 24.3 Å². The topological polar surface area (TPSA) is 111 Å². The molecule has 1 aromatic carbocycles. The molecule has 3 aliphatic rings. The Morgan fingerprint density at radius 2 is 1.76 bits per heavy atom. The van der Waals surface area contributed by atoms with Crippen molar-refractivity contribution in [2.24, 2.45) is 11.8 Å². The van der Waals surface area contributed by atoms with E-state index in [-0.39, 0.29) is 36.0 Å². The number of hydrogen-bond acceptors (Lipinski definition) is 5. The van der Waals surface area contributed by atoms with Crippen molar-refractivity contribution in [2.45, 2.75) is 57.0 Å². The first-order valence-corrected chi connectivity index (χ1v) is 10.2. The van der Waals surface area contributed by atoms with Gasteiger partial charge in [0.05, 0.1) is 18.0 Å². The maximum Gasteiger partial charge on any atom is 0.229 e. The molecular weight excluding hydrogens is 377 g/mol. The van der Waals surface area contributed by atoms with Crippen molar-refractivity contribution < 1.29 is 18.8 Å². The van der Waals surface area contributed by atoms with E-state index in [0.717, 1.165) is 25.7 Å². The summed E-state index contributed by atoms with van der Waals surface area (Å²) >= 11 is 0.